The van der Waals surface area contributed by atoms with E-state index in [1.54, 1.807) is 6.92 Å². The SMILES string of the molecule is [3H]PCCCC(CCP[3H])NC(=O)[C@@H](C)N. The first-order valence-electron chi connectivity index (χ1n) is 5.97. The van der Waals surface area contributed by atoms with Gasteiger partial charge in [-0.3, -0.25) is 4.79 Å². The third-order valence-corrected chi connectivity index (χ3v) is 2.62. The van der Waals surface area contributed by atoms with Crippen molar-refractivity contribution in [3.8, 4) is 0 Å². The van der Waals surface area contributed by atoms with Crippen molar-refractivity contribution >= 4 is 24.3 Å². The molecule has 0 aliphatic heterocycles. The van der Waals surface area contributed by atoms with E-state index < -0.39 is 6.04 Å². The average Bonchev–Trinajstić information content (AvgIpc) is 2.25. The van der Waals surface area contributed by atoms with Gasteiger partial charge in [-0.15, -0.1) is 18.4 Å². The molecule has 3 unspecified atom stereocenters. The number of carbonyl (C=O) groups is 1. The lowest BCUT2D eigenvalue weighted by molar-refractivity contribution is -0.122. The largest absolute Gasteiger partial charge is 0.352 e. The van der Waals surface area contributed by atoms with Crippen LogP contribution in [0.2, 0.25) is 0 Å². The molecule has 0 heterocycles. The molecule has 3 N–H and O–H groups in total. The third kappa shape index (κ3) is 6.70. The van der Waals surface area contributed by atoms with Gasteiger partial charge in [-0.2, -0.15) is 0 Å². The molecule has 0 rings (SSSR count). The van der Waals surface area contributed by atoms with E-state index >= 15 is 0 Å². The van der Waals surface area contributed by atoms with E-state index in [-0.39, 0.29) is 30.3 Å². The van der Waals surface area contributed by atoms with Crippen LogP contribution in [0.25, 0.3) is 0 Å². The van der Waals surface area contributed by atoms with Crippen LogP contribution in [-0.4, -0.2) is 32.9 Å². The van der Waals surface area contributed by atoms with Crippen LogP contribution in [0.15, 0.2) is 0 Å². The summed E-state index contributed by atoms with van der Waals surface area (Å²) < 4.78 is 14.2. The van der Waals surface area contributed by atoms with Gasteiger partial charge in [0, 0.05) is 6.04 Å². The van der Waals surface area contributed by atoms with Crippen molar-refractivity contribution in [3.05, 3.63) is 0 Å². The topological polar surface area (TPSA) is 55.1 Å². The lowest BCUT2D eigenvalue weighted by atomic mass is 10.1. The molecule has 4 atom stereocenters. The van der Waals surface area contributed by atoms with Crippen LogP contribution < -0.4 is 11.1 Å². The van der Waals surface area contributed by atoms with Gasteiger partial charge in [-0.25, -0.2) is 0 Å². The number of nitrogens with two attached hydrogens (primary N) is 1. The monoisotopic (exact) mass is 240 g/mol. The highest BCUT2D eigenvalue weighted by Crippen LogP contribution is 2.06. The Bertz CT molecular complexity index is 196. The molecule has 14 heavy (non-hydrogen) atoms. The zero-order chi connectivity index (χ0) is 12.4. The van der Waals surface area contributed by atoms with E-state index in [9.17, 15) is 4.79 Å². The molecule has 0 aliphatic rings. The minimum absolute atomic E-state index is 0.119. The van der Waals surface area contributed by atoms with E-state index in [0.717, 1.165) is 31.6 Å². The molecule has 1 amide bonds. The highest BCUT2D eigenvalue weighted by atomic mass is 31.0. The Morgan fingerprint density at radius 1 is 1.50 bits per heavy atom. The molecule has 84 valence electrons. The summed E-state index contributed by atoms with van der Waals surface area (Å²) in [5, 5.41) is 2.91. The number of hydrogen-bond donors (Lipinski definition) is 2. The Hall–Kier alpha value is 0.290. The summed E-state index contributed by atoms with van der Waals surface area (Å²) in [6.45, 7) is 1.67. The molecule has 3 nitrogen and oxygen atoms in total. The first-order valence-corrected chi connectivity index (χ1v) is 6.38. The summed E-state index contributed by atoms with van der Waals surface area (Å²) in [6.07, 6.45) is 4.43. The van der Waals surface area contributed by atoms with Crippen molar-refractivity contribution in [2.45, 2.75) is 38.3 Å². The number of hydrogen-bond acceptors (Lipinski definition) is 2. The van der Waals surface area contributed by atoms with E-state index in [1.807, 2.05) is 0 Å². The molecular formula is C9H22N2OP2. The molecule has 0 saturated heterocycles. The smallest absolute Gasteiger partial charge is 0.236 e. The van der Waals surface area contributed by atoms with E-state index in [1.165, 1.54) is 0 Å². The van der Waals surface area contributed by atoms with Gasteiger partial charge in [-0.1, -0.05) is 0 Å². The Morgan fingerprint density at radius 2 is 2.21 bits per heavy atom. The molecule has 0 radical (unpaired) electrons. The van der Waals surface area contributed by atoms with Crippen LogP contribution in [0.4, 0.5) is 0 Å². The van der Waals surface area contributed by atoms with Crippen molar-refractivity contribution in [2.75, 3.05) is 12.3 Å². The molecule has 0 bridgehead atoms. The molecule has 0 aliphatic carbocycles. The summed E-state index contributed by atoms with van der Waals surface area (Å²) in [7, 11) is 0.407. The maximum absolute atomic E-state index is 11.4. The quantitative estimate of drug-likeness (QED) is 0.461. The first-order chi connectivity index (χ1) is 7.61. The maximum atomic E-state index is 11.4. The Labute approximate surface area is 93.9 Å². The van der Waals surface area contributed by atoms with Crippen molar-refractivity contribution in [2.24, 2.45) is 5.73 Å². The first kappa shape index (κ1) is 10.8. The predicted molar refractivity (Wildman–Crippen MR) is 68.6 cm³/mol. The molecule has 0 saturated carbocycles. The molecule has 5 heteroatoms. The van der Waals surface area contributed by atoms with Gasteiger partial charge in [0.2, 0.25) is 5.91 Å². The van der Waals surface area contributed by atoms with Crippen molar-refractivity contribution in [1.82, 2.24) is 5.32 Å². The van der Waals surface area contributed by atoms with Crippen LogP contribution in [0.1, 0.15) is 26.2 Å². The van der Waals surface area contributed by atoms with Gasteiger partial charge in [0.05, 0.1) is 8.60 Å². The third-order valence-electron chi connectivity index (χ3n) is 1.98. The molecule has 0 aromatic carbocycles. The minimum atomic E-state index is -0.473. The lowest BCUT2D eigenvalue weighted by Gasteiger charge is -2.18. The van der Waals surface area contributed by atoms with Crippen LogP contribution >= 0.6 is 18.4 Å². The Morgan fingerprint density at radius 3 is 2.79 bits per heavy atom. The van der Waals surface area contributed by atoms with Crippen molar-refractivity contribution < 1.29 is 4.79 Å². The molecule has 0 fully saturated rings. The summed E-state index contributed by atoms with van der Waals surface area (Å²) >= 11 is 0. The van der Waals surface area contributed by atoms with Gasteiger partial charge >= 0.3 is 0 Å². The highest BCUT2D eigenvalue weighted by Gasteiger charge is 2.13. The van der Waals surface area contributed by atoms with Gasteiger partial charge in [0.25, 0.3) is 0 Å². The zero-order valence-electron chi connectivity index (χ0n) is 10.7. The number of carbonyl (C=O) groups excluding carboxylic acids is 1. The van der Waals surface area contributed by atoms with E-state index in [0.29, 0.717) is 0 Å². The second kappa shape index (κ2) is 8.59. The Balaban J connectivity index is 3.93. The second-order valence-electron chi connectivity index (χ2n) is 3.43. The van der Waals surface area contributed by atoms with Gasteiger partial charge in [0.1, 0.15) is 0 Å². The van der Waals surface area contributed by atoms with Crippen molar-refractivity contribution in [3.63, 3.8) is 0 Å². The normalized spacial score (nSPS) is 18.4. The van der Waals surface area contributed by atoms with Crippen molar-refractivity contribution in [1.29, 1.82) is 2.56 Å². The highest BCUT2D eigenvalue weighted by molar-refractivity contribution is 7.16. The molecule has 0 aromatic rings. The number of nitrogens with one attached hydrogen (secondary N) is 1. The lowest BCUT2D eigenvalue weighted by Crippen LogP contribution is -2.44. The summed E-state index contributed by atoms with van der Waals surface area (Å²) in [5.41, 5.74) is 5.49. The predicted octanol–water partition coefficient (Wildman–Crippen LogP) is 0.739. The fraction of sp³-hybridized carbons (Fsp3) is 0.889. The van der Waals surface area contributed by atoms with Gasteiger partial charge in [0.15, 0.2) is 0 Å². The standard InChI is InChI=1S/C9H22N2OP2/c1-7(10)9(12)11-8(4-6-14)3-2-5-13/h7-8H,2-6,10,13-14H2,1H3,(H,11,12)/t7-,8?/m1/s1/i13T,14T/t7-,8?,13?,14?. The van der Waals surface area contributed by atoms with E-state index in [2.05, 4.69) is 5.32 Å². The summed E-state index contributed by atoms with van der Waals surface area (Å²) in [6, 6.07) is -0.341. The maximum Gasteiger partial charge on any atom is 0.236 e. The summed E-state index contributed by atoms with van der Waals surface area (Å²) in [4.78, 5) is 11.4. The fourth-order valence-electron chi connectivity index (χ4n) is 1.14. The number of rotatable bonds is 9. The van der Waals surface area contributed by atoms with Gasteiger partial charge < -0.3 is 11.1 Å². The molecule has 0 spiro atoms. The fourth-order valence-corrected chi connectivity index (χ4v) is 1.70. The van der Waals surface area contributed by atoms with Crippen LogP contribution in [0.3, 0.4) is 0 Å². The van der Waals surface area contributed by atoms with E-state index in [4.69, 9.17) is 8.29 Å². The van der Waals surface area contributed by atoms with Crippen LogP contribution in [0.5, 0.6) is 0 Å². The molecular weight excluding hydrogens is 214 g/mol. The second-order valence-corrected chi connectivity index (χ2v) is 4.43. The zero-order valence-corrected chi connectivity index (χ0v) is 10.7. The number of amides is 1. The van der Waals surface area contributed by atoms with Crippen LogP contribution in [-0.2, 0) is 4.79 Å². The van der Waals surface area contributed by atoms with Crippen LogP contribution in [0, 0.1) is 0 Å². The molecule has 0 aromatic heterocycles. The van der Waals surface area contributed by atoms with Gasteiger partial charge in [-0.05, 0) is 38.5 Å². The average molecular weight is 240 g/mol. The minimum Gasteiger partial charge on any atom is -0.352 e. The Kier molecular flexibility index (Phi) is 6.62. The summed E-state index contributed by atoms with van der Waals surface area (Å²) in [5.74, 6) is -0.119.